The van der Waals surface area contributed by atoms with Crippen LogP contribution in [0.3, 0.4) is 0 Å². The highest BCUT2D eigenvalue weighted by molar-refractivity contribution is 5.97. The molecule has 0 spiro atoms. The van der Waals surface area contributed by atoms with Gasteiger partial charge in [-0.1, -0.05) is 0 Å². The van der Waals surface area contributed by atoms with E-state index in [1.165, 1.54) is 18.2 Å². The number of fused-ring (bicyclic) bond motifs is 1. The van der Waals surface area contributed by atoms with Gasteiger partial charge in [-0.05, 0) is 45.9 Å². The zero-order chi connectivity index (χ0) is 16.5. The molecule has 0 aliphatic carbocycles. The van der Waals surface area contributed by atoms with Crippen LogP contribution < -0.4 is 10.6 Å². The molecule has 0 bridgehead atoms. The summed E-state index contributed by atoms with van der Waals surface area (Å²) >= 11 is 0. The first-order valence-electron chi connectivity index (χ1n) is 6.92. The third kappa shape index (κ3) is 3.43. The van der Waals surface area contributed by atoms with Crippen LogP contribution in [0.5, 0.6) is 0 Å². The molecule has 7 nitrogen and oxygen atoms in total. The number of hydrogen-bond donors (Lipinski definition) is 3. The van der Waals surface area contributed by atoms with E-state index in [1.54, 1.807) is 13.8 Å². The molecule has 1 aromatic heterocycles. The van der Waals surface area contributed by atoms with Gasteiger partial charge in [-0.2, -0.15) is 4.98 Å². The number of amides is 1. The molecule has 3 N–H and O–H groups in total. The number of rotatable bonds is 5. The highest BCUT2D eigenvalue weighted by Gasteiger charge is 2.29. The average Bonchev–Trinajstić information content (AvgIpc) is 2.77. The molecular formula is C15H19N3O4. The van der Waals surface area contributed by atoms with Crippen molar-refractivity contribution in [2.24, 2.45) is 0 Å². The van der Waals surface area contributed by atoms with Crippen LogP contribution >= 0.6 is 0 Å². The third-order valence-electron chi connectivity index (χ3n) is 3.07. The molecular weight excluding hydrogens is 286 g/mol. The van der Waals surface area contributed by atoms with E-state index in [4.69, 9.17) is 9.52 Å². The van der Waals surface area contributed by atoms with E-state index in [0.29, 0.717) is 11.1 Å². The molecule has 0 saturated carbocycles. The molecule has 0 atom stereocenters. The summed E-state index contributed by atoms with van der Waals surface area (Å²) in [6, 6.07) is 4.53. The second-order valence-corrected chi connectivity index (χ2v) is 5.88. The van der Waals surface area contributed by atoms with Gasteiger partial charge in [0.05, 0.1) is 11.1 Å². The normalized spacial score (nSPS) is 11.9. The molecule has 22 heavy (non-hydrogen) atoms. The summed E-state index contributed by atoms with van der Waals surface area (Å²) in [5.41, 5.74) is 0.101. The van der Waals surface area contributed by atoms with Crippen molar-refractivity contribution >= 4 is 29.0 Å². The monoisotopic (exact) mass is 305 g/mol. The van der Waals surface area contributed by atoms with Gasteiger partial charge in [0.15, 0.2) is 5.58 Å². The number of carbonyl (C=O) groups is 2. The van der Waals surface area contributed by atoms with Gasteiger partial charge in [0, 0.05) is 6.04 Å². The maximum Gasteiger partial charge on any atom is 0.335 e. The van der Waals surface area contributed by atoms with Crippen molar-refractivity contribution in [2.75, 3.05) is 5.32 Å². The molecule has 0 fully saturated rings. The number of aromatic carboxylic acids is 1. The van der Waals surface area contributed by atoms with Crippen LogP contribution in [0, 0.1) is 0 Å². The number of nitrogens with zero attached hydrogens (tertiary/aromatic N) is 1. The minimum absolute atomic E-state index is 0.0427. The minimum Gasteiger partial charge on any atom is -0.478 e. The first-order valence-corrected chi connectivity index (χ1v) is 6.92. The number of nitrogens with one attached hydrogen (secondary N) is 2. The summed E-state index contributed by atoms with van der Waals surface area (Å²) < 4.78 is 5.40. The van der Waals surface area contributed by atoms with Gasteiger partial charge in [-0.25, -0.2) is 4.79 Å². The second kappa shape index (κ2) is 5.76. The lowest BCUT2D eigenvalue weighted by atomic mass is 10.0. The van der Waals surface area contributed by atoms with Crippen molar-refractivity contribution in [3.8, 4) is 0 Å². The Bertz CT molecular complexity index is 719. The van der Waals surface area contributed by atoms with Crippen molar-refractivity contribution in [1.82, 2.24) is 10.3 Å². The molecule has 0 radical (unpaired) electrons. The molecule has 118 valence electrons. The van der Waals surface area contributed by atoms with Gasteiger partial charge in [0.1, 0.15) is 5.52 Å². The largest absolute Gasteiger partial charge is 0.478 e. The zero-order valence-electron chi connectivity index (χ0n) is 12.9. The van der Waals surface area contributed by atoms with Gasteiger partial charge in [0.25, 0.3) is 0 Å². The first kappa shape index (κ1) is 16.0. The Hall–Kier alpha value is -2.41. The fourth-order valence-electron chi connectivity index (χ4n) is 2.15. The predicted octanol–water partition coefficient (Wildman–Crippen LogP) is 2.24. The van der Waals surface area contributed by atoms with Gasteiger partial charge >= 0.3 is 12.0 Å². The SMILES string of the molecule is CC(C)NC(C)(C)C(=O)Nc1nc2ccc(C(=O)O)cc2o1. The van der Waals surface area contributed by atoms with Gasteiger partial charge in [-0.3, -0.25) is 10.1 Å². The molecule has 1 amide bonds. The highest BCUT2D eigenvalue weighted by Crippen LogP contribution is 2.21. The van der Waals surface area contributed by atoms with Crippen LogP contribution in [0.2, 0.25) is 0 Å². The quantitative estimate of drug-likeness (QED) is 0.782. The van der Waals surface area contributed by atoms with Crippen LogP contribution in [0.25, 0.3) is 11.1 Å². The summed E-state index contributed by atoms with van der Waals surface area (Å²) in [5.74, 6) is -1.34. The lowest BCUT2D eigenvalue weighted by Gasteiger charge is -2.26. The van der Waals surface area contributed by atoms with Crippen LogP contribution in [0.4, 0.5) is 6.01 Å². The Morgan fingerprint density at radius 3 is 2.59 bits per heavy atom. The van der Waals surface area contributed by atoms with Crippen LogP contribution in [0.15, 0.2) is 22.6 Å². The second-order valence-electron chi connectivity index (χ2n) is 5.88. The van der Waals surface area contributed by atoms with Gasteiger partial charge in [0.2, 0.25) is 5.91 Å². The smallest absolute Gasteiger partial charge is 0.335 e. The Labute approximate surface area is 127 Å². The van der Waals surface area contributed by atoms with E-state index in [-0.39, 0.29) is 23.5 Å². The number of aromatic nitrogens is 1. The van der Waals surface area contributed by atoms with Crippen molar-refractivity contribution in [1.29, 1.82) is 0 Å². The average molecular weight is 305 g/mol. The van der Waals surface area contributed by atoms with Crippen LogP contribution in [-0.4, -0.2) is 33.5 Å². The number of carboxylic acid groups (broad SMARTS) is 1. The Kier molecular flexibility index (Phi) is 4.18. The van der Waals surface area contributed by atoms with Crippen molar-refractivity contribution < 1.29 is 19.1 Å². The molecule has 0 unspecified atom stereocenters. The zero-order valence-corrected chi connectivity index (χ0v) is 12.9. The van der Waals surface area contributed by atoms with Crippen molar-refractivity contribution in [2.45, 2.75) is 39.3 Å². The Balaban J connectivity index is 2.21. The number of carboxylic acids is 1. The third-order valence-corrected chi connectivity index (χ3v) is 3.07. The predicted molar refractivity (Wildman–Crippen MR) is 81.9 cm³/mol. The first-order chi connectivity index (χ1) is 10.2. The molecule has 2 aromatic rings. The maximum atomic E-state index is 12.3. The molecule has 1 heterocycles. The fraction of sp³-hybridized carbons (Fsp3) is 0.400. The molecule has 0 aliphatic heterocycles. The summed E-state index contributed by atoms with van der Waals surface area (Å²) in [4.78, 5) is 27.3. The molecule has 0 saturated heterocycles. The molecule has 7 heteroatoms. The molecule has 1 aromatic carbocycles. The van der Waals surface area contributed by atoms with E-state index in [1.807, 2.05) is 13.8 Å². The molecule has 2 rings (SSSR count). The van der Waals surface area contributed by atoms with Crippen molar-refractivity contribution in [3.05, 3.63) is 23.8 Å². The summed E-state index contributed by atoms with van der Waals surface area (Å²) in [5, 5.41) is 14.7. The van der Waals surface area contributed by atoms with Crippen molar-refractivity contribution in [3.63, 3.8) is 0 Å². The van der Waals surface area contributed by atoms with Gasteiger partial charge < -0.3 is 14.8 Å². The van der Waals surface area contributed by atoms with E-state index in [2.05, 4.69) is 15.6 Å². The minimum atomic E-state index is -1.05. The number of hydrogen-bond acceptors (Lipinski definition) is 5. The number of benzene rings is 1. The number of carbonyl (C=O) groups excluding carboxylic acids is 1. The van der Waals surface area contributed by atoms with Gasteiger partial charge in [-0.15, -0.1) is 0 Å². The van der Waals surface area contributed by atoms with Crippen LogP contribution in [0.1, 0.15) is 38.1 Å². The molecule has 0 aliphatic rings. The lowest BCUT2D eigenvalue weighted by Crippen LogP contribution is -2.52. The lowest BCUT2D eigenvalue weighted by molar-refractivity contribution is -0.121. The summed E-state index contributed by atoms with van der Waals surface area (Å²) in [6.45, 7) is 7.41. The van der Waals surface area contributed by atoms with Crippen LogP contribution in [-0.2, 0) is 4.79 Å². The van der Waals surface area contributed by atoms with E-state index < -0.39 is 11.5 Å². The summed E-state index contributed by atoms with van der Waals surface area (Å²) in [7, 11) is 0. The highest BCUT2D eigenvalue weighted by atomic mass is 16.4. The maximum absolute atomic E-state index is 12.3. The number of anilines is 1. The Morgan fingerprint density at radius 2 is 2.00 bits per heavy atom. The van der Waals surface area contributed by atoms with E-state index >= 15 is 0 Å². The fourth-order valence-corrected chi connectivity index (χ4v) is 2.15. The van der Waals surface area contributed by atoms with E-state index in [9.17, 15) is 9.59 Å². The standard InChI is InChI=1S/C15H19N3O4/c1-8(2)18-15(3,4)13(21)17-14-16-10-6-5-9(12(19)20)7-11(10)22-14/h5-8,18H,1-4H3,(H,19,20)(H,16,17,21). The Morgan fingerprint density at radius 1 is 1.32 bits per heavy atom. The van der Waals surface area contributed by atoms with E-state index in [0.717, 1.165) is 0 Å². The number of oxazole rings is 1. The summed E-state index contributed by atoms with van der Waals surface area (Å²) in [6.07, 6.45) is 0. The topological polar surface area (TPSA) is 104 Å².